The second kappa shape index (κ2) is 40.0. The van der Waals surface area contributed by atoms with Gasteiger partial charge in [0.1, 0.15) is 0 Å². The largest absolute Gasteiger partial charge is 0.386 e. The van der Waals surface area contributed by atoms with E-state index >= 15 is 0 Å². The molecule has 0 heterocycles. The van der Waals surface area contributed by atoms with Gasteiger partial charge in [-0.25, -0.2) is 0 Å². The first-order valence-corrected chi connectivity index (χ1v) is 21.2. The van der Waals surface area contributed by atoms with Crippen LogP contribution in [0.1, 0.15) is 259 Å². The Labute approximate surface area is 293 Å². The summed E-state index contributed by atoms with van der Waals surface area (Å²) < 4.78 is 0. The second-order valence-electron chi connectivity index (χ2n) is 14.8. The molecule has 0 atom stereocenters. The van der Waals surface area contributed by atoms with Gasteiger partial charge in [0.2, 0.25) is 0 Å². The van der Waals surface area contributed by atoms with Crippen molar-refractivity contribution in [3.63, 3.8) is 0 Å². The first-order chi connectivity index (χ1) is 21.7. The van der Waals surface area contributed by atoms with E-state index < -0.39 is 0 Å². The van der Waals surface area contributed by atoms with Gasteiger partial charge in [-0.2, -0.15) is 0 Å². The van der Waals surface area contributed by atoms with Gasteiger partial charge in [-0.05, 0) is 38.3 Å². The van der Waals surface area contributed by atoms with Gasteiger partial charge in [0, 0.05) is 5.54 Å². The van der Waals surface area contributed by atoms with Crippen molar-refractivity contribution in [2.75, 3.05) is 0 Å². The molecule has 1 N–H and O–H groups in total. The average Bonchev–Trinajstić information content (AvgIpc) is 3.03. The molecule has 1 nitrogen and oxygen atoms in total. The first kappa shape index (κ1) is 46.9. The zero-order valence-electron chi connectivity index (χ0n) is 32.0. The summed E-state index contributed by atoms with van der Waals surface area (Å²) >= 11 is 0. The Kier molecular flexibility index (Phi) is 41.7. The van der Waals surface area contributed by atoms with Crippen LogP contribution in [0.15, 0.2) is 12.3 Å². The van der Waals surface area contributed by atoms with E-state index in [9.17, 15) is 0 Å². The van der Waals surface area contributed by atoms with Gasteiger partial charge in [-0.15, -0.1) is 12.4 Å². The van der Waals surface area contributed by atoms with Crippen molar-refractivity contribution in [1.29, 1.82) is 0 Å². The molecule has 0 unspecified atom stereocenters. The van der Waals surface area contributed by atoms with E-state index in [-0.39, 0.29) is 12.4 Å². The zero-order valence-corrected chi connectivity index (χ0v) is 32.8. The quantitative estimate of drug-likeness (QED) is 0.0654. The standard InChI is InChI=1S/C43H87N.ClH/c1-5-9-13-17-21-22-23-24-25-26-27-28-29-30-34-38-42-44-43(39-35-31-18-14-10-6-2,40-36-32-19-15-11-7-3)41-37-33-20-16-12-8-4;/h38,42,44H,5-37,39-41H2,1-4H3;1H. The SMILES string of the molecule is CCCCCCCCCCCCCCCCC=CNC(CCCCCCCC)(CCCCCCCC)CCCCCCCC.Cl. The molecule has 272 valence electrons. The summed E-state index contributed by atoms with van der Waals surface area (Å²) in [5.41, 5.74) is 0.340. The highest BCUT2D eigenvalue weighted by molar-refractivity contribution is 5.85. The van der Waals surface area contributed by atoms with E-state index in [0.717, 1.165) is 0 Å². The first-order valence-electron chi connectivity index (χ1n) is 21.2. The Morgan fingerprint density at radius 2 is 0.578 bits per heavy atom. The van der Waals surface area contributed by atoms with Crippen LogP contribution < -0.4 is 5.32 Å². The van der Waals surface area contributed by atoms with E-state index in [2.05, 4.69) is 45.3 Å². The third-order valence-electron chi connectivity index (χ3n) is 10.3. The summed E-state index contributed by atoms with van der Waals surface area (Å²) in [4.78, 5) is 0. The molecule has 0 aromatic heterocycles. The summed E-state index contributed by atoms with van der Waals surface area (Å²) in [6, 6.07) is 0. The summed E-state index contributed by atoms with van der Waals surface area (Å²) in [5.74, 6) is 0. The van der Waals surface area contributed by atoms with Crippen LogP contribution in [0.25, 0.3) is 0 Å². The maximum Gasteiger partial charge on any atom is 0.0368 e. The minimum atomic E-state index is 0. The van der Waals surface area contributed by atoms with Crippen LogP contribution in [0.2, 0.25) is 0 Å². The van der Waals surface area contributed by atoms with E-state index in [4.69, 9.17) is 0 Å². The lowest BCUT2D eigenvalue weighted by molar-refractivity contribution is 0.261. The Morgan fingerprint density at radius 1 is 0.333 bits per heavy atom. The van der Waals surface area contributed by atoms with Crippen LogP contribution in [0.5, 0.6) is 0 Å². The lowest BCUT2D eigenvalue weighted by atomic mass is 9.81. The van der Waals surface area contributed by atoms with Crippen molar-refractivity contribution >= 4 is 12.4 Å². The highest BCUT2D eigenvalue weighted by Crippen LogP contribution is 2.30. The summed E-state index contributed by atoms with van der Waals surface area (Å²) in [7, 11) is 0. The zero-order chi connectivity index (χ0) is 32.1. The van der Waals surface area contributed by atoms with Crippen LogP contribution in [-0.4, -0.2) is 5.54 Å². The maximum absolute atomic E-state index is 4.11. The minimum Gasteiger partial charge on any atom is -0.386 e. The molecule has 0 fully saturated rings. The minimum absolute atomic E-state index is 0. The molecular formula is C43H88ClN. The van der Waals surface area contributed by atoms with Gasteiger partial charge in [-0.3, -0.25) is 0 Å². The Balaban J connectivity index is 0. The monoisotopic (exact) mass is 654 g/mol. The molecule has 45 heavy (non-hydrogen) atoms. The van der Waals surface area contributed by atoms with Crippen LogP contribution >= 0.6 is 12.4 Å². The summed E-state index contributed by atoms with van der Waals surface area (Å²) in [6.07, 6.45) is 56.0. The molecule has 0 aliphatic carbocycles. The fourth-order valence-electron chi connectivity index (χ4n) is 7.10. The molecule has 2 heteroatoms. The van der Waals surface area contributed by atoms with Crippen LogP contribution in [0, 0.1) is 0 Å². The number of halogens is 1. The summed E-state index contributed by atoms with van der Waals surface area (Å²) in [6.45, 7) is 9.31. The molecule has 0 saturated heterocycles. The van der Waals surface area contributed by atoms with Crippen LogP contribution in [-0.2, 0) is 0 Å². The van der Waals surface area contributed by atoms with Gasteiger partial charge in [0.05, 0.1) is 0 Å². The van der Waals surface area contributed by atoms with Crippen molar-refractivity contribution < 1.29 is 0 Å². The van der Waals surface area contributed by atoms with E-state index in [1.54, 1.807) is 0 Å². The lowest BCUT2D eigenvalue weighted by Gasteiger charge is -2.35. The van der Waals surface area contributed by atoms with Crippen LogP contribution in [0.4, 0.5) is 0 Å². The van der Waals surface area contributed by atoms with Gasteiger partial charge in [-0.1, -0.05) is 233 Å². The molecular weight excluding hydrogens is 566 g/mol. The third-order valence-corrected chi connectivity index (χ3v) is 10.3. The van der Waals surface area contributed by atoms with Gasteiger partial charge < -0.3 is 5.32 Å². The number of hydrogen-bond donors (Lipinski definition) is 1. The average molecular weight is 655 g/mol. The summed E-state index contributed by atoms with van der Waals surface area (Å²) in [5, 5.41) is 4.11. The molecule has 0 aromatic carbocycles. The lowest BCUT2D eigenvalue weighted by Crippen LogP contribution is -2.42. The predicted molar refractivity (Wildman–Crippen MR) is 211 cm³/mol. The number of allylic oxidation sites excluding steroid dienone is 1. The van der Waals surface area contributed by atoms with Crippen molar-refractivity contribution in [3.8, 4) is 0 Å². The number of unbranched alkanes of at least 4 members (excludes halogenated alkanes) is 29. The Bertz CT molecular complexity index is 503. The fraction of sp³-hybridized carbons (Fsp3) is 0.953. The van der Waals surface area contributed by atoms with E-state index in [1.807, 2.05) is 0 Å². The molecule has 0 aliphatic rings. The van der Waals surface area contributed by atoms with Crippen molar-refractivity contribution in [2.45, 2.75) is 264 Å². The molecule has 0 radical (unpaired) electrons. The fourth-order valence-corrected chi connectivity index (χ4v) is 7.10. The number of hydrogen-bond acceptors (Lipinski definition) is 1. The van der Waals surface area contributed by atoms with Crippen molar-refractivity contribution in [2.24, 2.45) is 0 Å². The van der Waals surface area contributed by atoms with Gasteiger partial charge >= 0.3 is 0 Å². The number of nitrogens with one attached hydrogen (secondary N) is 1. The number of rotatable bonds is 38. The molecule has 0 spiro atoms. The maximum atomic E-state index is 4.11. The molecule has 0 rings (SSSR count). The van der Waals surface area contributed by atoms with E-state index in [1.165, 1.54) is 231 Å². The predicted octanol–water partition coefficient (Wildman–Crippen LogP) is 16.4. The Hall–Kier alpha value is -0.170. The smallest absolute Gasteiger partial charge is 0.0368 e. The normalized spacial score (nSPS) is 11.8. The van der Waals surface area contributed by atoms with Gasteiger partial charge in [0.25, 0.3) is 0 Å². The molecule has 0 aliphatic heterocycles. The molecule has 0 saturated carbocycles. The van der Waals surface area contributed by atoms with Crippen molar-refractivity contribution in [3.05, 3.63) is 12.3 Å². The van der Waals surface area contributed by atoms with Gasteiger partial charge in [0.15, 0.2) is 0 Å². The van der Waals surface area contributed by atoms with E-state index in [0.29, 0.717) is 5.54 Å². The van der Waals surface area contributed by atoms with Crippen LogP contribution in [0.3, 0.4) is 0 Å². The highest BCUT2D eigenvalue weighted by Gasteiger charge is 2.27. The molecule has 0 aromatic rings. The molecule has 0 bridgehead atoms. The third kappa shape index (κ3) is 35.0. The van der Waals surface area contributed by atoms with Crippen molar-refractivity contribution in [1.82, 2.24) is 5.32 Å². The topological polar surface area (TPSA) is 12.0 Å². The Morgan fingerprint density at radius 3 is 0.867 bits per heavy atom. The highest BCUT2D eigenvalue weighted by atomic mass is 35.5. The molecule has 0 amide bonds. The second-order valence-corrected chi connectivity index (χ2v) is 14.8.